The summed E-state index contributed by atoms with van der Waals surface area (Å²) >= 11 is 0. The second kappa shape index (κ2) is 6.54. The lowest BCUT2D eigenvalue weighted by molar-refractivity contribution is -0.158. The third-order valence-corrected chi connectivity index (χ3v) is 5.77. The molecule has 2 saturated carbocycles. The van der Waals surface area contributed by atoms with Crippen molar-refractivity contribution in [3.05, 3.63) is 0 Å². The molecule has 0 aromatic rings. The van der Waals surface area contributed by atoms with Crippen molar-refractivity contribution in [1.82, 2.24) is 10.2 Å². The van der Waals surface area contributed by atoms with Gasteiger partial charge in [-0.3, -0.25) is 9.59 Å². The minimum atomic E-state index is -4.41. The van der Waals surface area contributed by atoms with Crippen LogP contribution >= 0.6 is 0 Å². The smallest absolute Gasteiger partial charge is 0.344 e. The summed E-state index contributed by atoms with van der Waals surface area (Å²) in [5.41, 5.74) is 6.21. The Labute approximate surface area is 139 Å². The summed E-state index contributed by atoms with van der Waals surface area (Å²) in [4.78, 5) is 25.3. The van der Waals surface area contributed by atoms with Crippen LogP contribution in [0.3, 0.4) is 0 Å². The molecule has 136 valence electrons. The molecule has 3 N–H and O–H groups in total. The maximum absolute atomic E-state index is 12.5. The number of alkyl halides is 3. The number of nitrogens with one attached hydrogen (secondary N) is 1. The number of nitrogens with zero attached hydrogens (tertiary/aromatic N) is 1. The van der Waals surface area contributed by atoms with Crippen LogP contribution in [0.4, 0.5) is 13.2 Å². The first-order chi connectivity index (χ1) is 11.2. The van der Waals surface area contributed by atoms with Crippen molar-refractivity contribution in [1.29, 1.82) is 0 Å². The highest BCUT2D eigenvalue weighted by Gasteiger charge is 2.43. The zero-order chi connectivity index (χ0) is 17.5. The number of amides is 2. The molecule has 5 nitrogen and oxygen atoms in total. The fourth-order valence-electron chi connectivity index (χ4n) is 4.54. The molecule has 3 unspecified atom stereocenters. The Morgan fingerprint density at radius 3 is 2.42 bits per heavy atom. The normalized spacial score (nSPS) is 36.8. The summed E-state index contributed by atoms with van der Waals surface area (Å²) in [5.74, 6) is -0.326. The second-order valence-electron chi connectivity index (χ2n) is 7.42. The van der Waals surface area contributed by atoms with Gasteiger partial charge >= 0.3 is 6.18 Å². The van der Waals surface area contributed by atoms with E-state index in [-0.39, 0.29) is 30.8 Å². The topological polar surface area (TPSA) is 75.4 Å². The molecule has 1 aliphatic heterocycles. The van der Waals surface area contributed by atoms with E-state index in [0.717, 1.165) is 37.0 Å². The Bertz CT molecular complexity index is 497. The van der Waals surface area contributed by atoms with E-state index < -0.39 is 24.7 Å². The summed E-state index contributed by atoms with van der Waals surface area (Å²) in [6.45, 7) is -1.22. The number of hydrogen-bond donors (Lipinski definition) is 2. The van der Waals surface area contributed by atoms with Gasteiger partial charge < -0.3 is 16.0 Å². The van der Waals surface area contributed by atoms with Crippen LogP contribution in [0.15, 0.2) is 0 Å². The molecule has 0 aromatic carbocycles. The van der Waals surface area contributed by atoms with Crippen molar-refractivity contribution in [2.45, 2.75) is 56.8 Å². The number of likely N-dealkylation sites (tertiary alicyclic amines) is 1. The average molecular weight is 347 g/mol. The molecular formula is C16H24F3N3O2. The molecule has 3 rings (SSSR count). The zero-order valence-corrected chi connectivity index (χ0v) is 13.5. The van der Waals surface area contributed by atoms with Gasteiger partial charge in [-0.2, -0.15) is 13.2 Å². The van der Waals surface area contributed by atoms with Gasteiger partial charge in [0.15, 0.2) is 0 Å². The summed E-state index contributed by atoms with van der Waals surface area (Å²) < 4.78 is 37.3. The lowest BCUT2D eigenvalue weighted by atomic mass is 9.65. The average Bonchev–Trinajstić information content (AvgIpc) is 2.78. The number of rotatable bonds is 3. The Morgan fingerprint density at radius 1 is 1.21 bits per heavy atom. The fourth-order valence-corrected chi connectivity index (χ4v) is 4.54. The van der Waals surface area contributed by atoms with Gasteiger partial charge in [-0.05, 0) is 43.9 Å². The standard InChI is InChI=1S/C16H24F3N3O2/c17-16(18,19)8-22-5-4-12(15(22)24)21-14(23)11-6-9-2-1-3-10(7-11)13(9)20/h9-13H,1-8,20H2,(H,21,23). The van der Waals surface area contributed by atoms with E-state index in [2.05, 4.69) is 5.32 Å². The first-order valence-corrected chi connectivity index (χ1v) is 8.66. The van der Waals surface area contributed by atoms with Crippen LogP contribution < -0.4 is 11.1 Å². The van der Waals surface area contributed by atoms with E-state index >= 15 is 0 Å². The first-order valence-electron chi connectivity index (χ1n) is 8.66. The number of carbonyl (C=O) groups excluding carboxylic acids is 2. The molecule has 0 radical (unpaired) electrons. The quantitative estimate of drug-likeness (QED) is 0.811. The van der Waals surface area contributed by atoms with Crippen molar-refractivity contribution >= 4 is 11.8 Å². The Balaban J connectivity index is 1.55. The number of halogens is 3. The molecule has 1 saturated heterocycles. The van der Waals surface area contributed by atoms with E-state index in [1.807, 2.05) is 0 Å². The van der Waals surface area contributed by atoms with E-state index in [1.165, 1.54) is 0 Å². The largest absolute Gasteiger partial charge is 0.406 e. The third-order valence-electron chi connectivity index (χ3n) is 5.77. The molecule has 0 aromatic heterocycles. The summed E-state index contributed by atoms with van der Waals surface area (Å²) in [5, 5.41) is 2.68. The van der Waals surface area contributed by atoms with Gasteiger partial charge in [0.2, 0.25) is 11.8 Å². The number of carbonyl (C=O) groups is 2. The van der Waals surface area contributed by atoms with Crippen molar-refractivity contribution in [2.75, 3.05) is 13.1 Å². The van der Waals surface area contributed by atoms with Crippen molar-refractivity contribution in [2.24, 2.45) is 23.5 Å². The third kappa shape index (κ3) is 3.68. The number of nitrogens with two attached hydrogens (primary N) is 1. The van der Waals surface area contributed by atoms with E-state index in [0.29, 0.717) is 11.8 Å². The first kappa shape index (κ1) is 17.5. The molecule has 2 aliphatic carbocycles. The van der Waals surface area contributed by atoms with Crippen LogP contribution in [0.1, 0.15) is 38.5 Å². The minimum absolute atomic E-state index is 0.0318. The van der Waals surface area contributed by atoms with Gasteiger partial charge in [0.1, 0.15) is 12.6 Å². The lowest BCUT2D eigenvalue weighted by Gasteiger charge is -2.43. The Morgan fingerprint density at radius 2 is 1.83 bits per heavy atom. The molecular weight excluding hydrogens is 323 g/mol. The molecule has 2 amide bonds. The molecule has 0 spiro atoms. The molecule has 24 heavy (non-hydrogen) atoms. The van der Waals surface area contributed by atoms with Gasteiger partial charge in [-0.15, -0.1) is 0 Å². The zero-order valence-electron chi connectivity index (χ0n) is 13.5. The maximum Gasteiger partial charge on any atom is 0.406 e. The van der Waals surface area contributed by atoms with Gasteiger partial charge in [0, 0.05) is 18.5 Å². The maximum atomic E-state index is 12.5. The monoisotopic (exact) mass is 347 g/mol. The van der Waals surface area contributed by atoms with E-state index in [9.17, 15) is 22.8 Å². The van der Waals surface area contributed by atoms with Gasteiger partial charge in [0.05, 0.1) is 0 Å². The van der Waals surface area contributed by atoms with Crippen LogP contribution in [0.25, 0.3) is 0 Å². The Hall–Kier alpha value is -1.31. The molecule has 1 heterocycles. The predicted octanol–water partition coefficient (Wildman–Crippen LogP) is 1.42. The van der Waals surface area contributed by atoms with Crippen LogP contribution in [0, 0.1) is 17.8 Å². The Kier molecular flexibility index (Phi) is 4.77. The van der Waals surface area contributed by atoms with Gasteiger partial charge in [-0.1, -0.05) is 6.42 Å². The predicted molar refractivity (Wildman–Crippen MR) is 80.7 cm³/mol. The van der Waals surface area contributed by atoms with Gasteiger partial charge in [0.25, 0.3) is 0 Å². The second-order valence-corrected chi connectivity index (χ2v) is 7.42. The highest BCUT2D eigenvalue weighted by molar-refractivity contribution is 5.90. The number of hydrogen-bond acceptors (Lipinski definition) is 3. The summed E-state index contributed by atoms with van der Waals surface area (Å²) in [7, 11) is 0. The molecule has 3 aliphatic rings. The molecule has 2 bridgehead atoms. The minimum Gasteiger partial charge on any atom is -0.344 e. The fraction of sp³-hybridized carbons (Fsp3) is 0.875. The van der Waals surface area contributed by atoms with Crippen LogP contribution in [-0.4, -0.2) is 48.1 Å². The van der Waals surface area contributed by atoms with Crippen LogP contribution in [0.5, 0.6) is 0 Å². The SMILES string of the molecule is NC1C2CCCC1CC(C(=O)NC1CCN(CC(F)(F)F)C1=O)C2. The summed E-state index contributed by atoms with van der Waals surface area (Å²) in [6, 6.07) is -0.673. The van der Waals surface area contributed by atoms with E-state index in [1.54, 1.807) is 0 Å². The van der Waals surface area contributed by atoms with Crippen molar-refractivity contribution < 1.29 is 22.8 Å². The molecule has 3 atom stereocenters. The van der Waals surface area contributed by atoms with Gasteiger partial charge in [-0.25, -0.2) is 0 Å². The van der Waals surface area contributed by atoms with Crippen LogP contribution in [-0.2, 0) is 9.59 Å². The van der Waals surface area contributed by atoms with Crippen LogP contribution in [0.2, 0.25) is 0 Å². The van der Waals surface area contributed by atoms with Crippen molar-refractivity contribution in [3.63, 3.8) is 0 Å². The summed E-state index contributed by atoms with van der Waals surface area (Å²) in [6.07, 6.45) is 0.468. The highest BCUT2D eigenvalue weighted by Crippen LogP contribution is 2.42. The molecule has 8 heteroatoms. The lowest BCUT2D eigenvalue weighted by Crippen LogP contribution is -2.51. The highest BCUT2D eigenvalue weighted by atomic mass is 19.4. The molecule has 3 fully saturated rings. The van der Waals surface area contributed by atoms with E-state index in [4.69, 9.17) is 5.73 Å². The van der Waals surface area contributed by atoms with Crippen molar-refractivity contribution in [3.8, 4) is 0 Å². The number of fused-ring (bicyclic) bond motifs is 2.